The second-order valence-electron chi connectivity index (χ2n) is 7.20. The van der Waals surface area contributed by atoms with E-state index >= 15 is 0 Å². The Morgan fingerprint density at radius 2 is 1.81 bits per heavy atom. The van der Waals surface area contributed by atoms with Gasteiger partial charge in [0, 0.05) is 16.0 Å². The van der Waals surface area contributed by atoms with E-state index in [2.05, 4.69) is 4.98 Å². The van der Waals surface area contributed by atoms with E-state index in [0.717, 1.165) is 4.88 Å². The summed E-state index contributed by atoms with van der Waals surface area (Å²) in [5.74, 6) is -1.39. The quantitative estimate of drug-likeness (QED) is 0.318. The number of aryl methyl sites for hydroxylation is 1. The molecule has 0 amide bonds. The Morgan fingerprint density at radius 1 is 1.12 bits per heavy atom. The molecule has 0 saturated carbocycles. The molecule has 0 saturated heterocycles. The van der Waals surface area contributed by atoms with Gasteiger partial charge in [0.1, 0.15) is 16.7 Å². The van der Waals surface area contributed by atoms with Crippen LogP contribution in [0.2, 0.25) is 0 Å². The summed E-state index contributed by atoms with van der Waals surface area (Å²) in [5.41, 5.74) is 1.23. The van der Waals surface area contributed by atoms with Crippen LogP contribution in [-0.4, -0.2) is 28.4 Å². The molecule has 0 spiro atoms. The zero-order chi connectivity index (χ0) is 22.8. The predicted octanol–water partition coefficient (Wildman–Crippen LogP) is 4.56. The number of thiophene rings is 1. The molecule has 0 aliphatic heterocycles. The first-order valence-corrected chi connectivity index (χ1v) is 10.6. The van der Waals surface area contributed by atoms with Crippen LogP contribution in [-0.2, 0) is 9.53 Å². The normalized spacial score (nSPS) is 12.0. The average molecular weight is 450 g/mol. The lowest BCUT2D eigenvalue weighted by Gasteiger charge is -2.18. The van der Waals surface area contributed by atoms with Crippen molar-refractivity contribution in [2.24, 2.45) is 0 Å². The molecule has 4 aromatic rings. The molecular formula is C24H19FN2O4S. The van der Waals surface area contributed by atoms with Crippen LogP contribution in [0.4, 0.5) is 4.39 Å². The Morgan fingerprint density at radius 3 is 2.47 bits per heavy atom. The van der Waals surface area contributed by atoms with Gasteiger partial charge in [0.25, 0.3) is 5.56 Å². The van der Waals surface area contributed by atoms with Gasteiger partial charge in [0.05, 0.1) is 25.2 Å². The van der Waals surface area contributed by atoms with Gasteiger partial charge in [0.2, 0.25) is 0 Å². The molecule has 6 nitrogen and oxygen atoms in total. The highest BCUT2D eigenvalue weighted by Crippen LogP contribution is 2.35. The van der Waals surface area contributed by atoms with Crippen LogP contribution in [0, 0.1) is 12.7 Å². The zero-order valence-corrected chi connectivity index (χ0v) is 18.2. The Bertz CT molecular complexity index is 1360. The standard InChI is InChI=1S/C24H19FN2O4S/c1-14-20(15-8-10-17(25)11-9-15)21-23(32-14)26-13-27(24(21)30)18(12-19(28)31-2)22(29)16-6-4-3-5-7-16/h3-11,13,18H,12H2,1-2H3. The van der Waals surface area contributed by atoms with Gasteiger partial charge in [-0.25, -0.2) is 9.37 Å². The number of benzene rings is 2. The van der Waals surface area contributed by atoms with E-state index in [1.54, 1.807) is 42.5 Å². The third-order valence-corrected chi connectivity index (χ3v) is 6.24. The molecule has 0 aliphatic rings. The molecule has 2 aromatic heterocycles. The van der Waals surface area contributed by atoms with Crippen LogP contribution < -0.4 is 5.56 Å². The molecule has 8 heteroatoms. The molecule has 2 heterocycles. The Labute approximate surface area is 186 Å². The summed E-state index contributed by atoms with van der Waals surface area (Å²) in [7, 11) is 1.23. The predicted molar refractivity (Wildman–Crippen MR) is 120 cm³/mol. The zero-order valence-electron chi connectivity index (χ0n) is 17.4. The fourth-order valence-electron chi connectivity index (χ4n) is 3.66. The van der Waals surface area contributed by atoms with E-state index in [-0.39, 0.29) is 12.2 Å². The fraction of sp³-hybridized carbons (Fsp3) is 0.167. The van der Waals surface area contributed by atoms with E-state index < -0.39 is 23.4 Å². The Kier molecular flexibility index (Phi) is 5.96. The maximum atomic E-state index is 13.6. The van der Waals surface area contributed by atoms with Crippen LogP contribution in [0.25, 0.3) is 21.3 Å². The van der Waals surface area contributed by atoms with Gasteiger partial charge < -0.3 is 4.74 Å². The number of hydrogen-bond donors (Lipinski definition) is 0. The highest BCUT2D eigenvalue weighted by molar-refractivity contribution is 7.19. The second kappa shape index (κ2) is 8.84. The van der Waals surface area contributed by atoms with Crippen LogP contribution in [0.1, 0.15) is 27.7 Å². The number of ketones is 1. The fourth-order valence-corrected chi connectivity index (χ4v) is 4.66. The van der Waals surface area contributed by atoms with Crippen molar-refractivity contribution in [3.8, 4) is 11.1 Å². The first-order valence-electron chi connectivity index (χ1n) is 9.83. The van der Waals surface area contributed by atoms with Gasteiger partial charge in [-0.15, -0.1) is 11.3 Å². The highest BCUT2D eigenvalue weighted by Gasteiger charge is 2.28. The SMILES string of the molecule is COC(=O)CC(C(=O)c1ccccc1)n1cnc2sc(C)c(-c3ccc(F)cc3)c2c1=O. The van der Waals surface area contributed by atoms with Crippen LogP contribution in [0.15, 0.2) is 65.7 Å². The van der Waals surface area contributed by atoms with E-state index in [0.29, 0.717) is 26.9 Å². The number of halogens is 1. The number of nitrogens with zero attached hydrogens (tertiary/aromatic N) is 2. The summed E-state index contributed by atoms with van der Waals surface area (Å²) >= 11 is 1.34. The molecule has 2 aromatic carbocycles. The number of ether oxygens (including phenoxy) is 1. The number of esters is 1. The van der Waals surface area contributed by atoms with E-state index in [1.165, 1.54) is 41.5 Å². The van der Waals surface area contributed by atoms with Crippen molar-refractivity contribution in [1.29, 1.82) is 0 Å². The monoisotopic (exact) mass is 450 g/mol. The molecule has 0 bridgehead atoms. The first-order chi connectivity index (χ1) is 15.4. The van der Waals surface area contributed by atoms with Crippen molar-refractivity contribution in [2.75, 3.05) is 7.11 Å². The van der Waals surface area contributed by atoms with Crippen molar-refractivity contribution in [2.45, 2.75) is 19.4 Å². The minimum absolute atomic E-state index is 0.313. The lowest BCUT2D eigenvalue weighted by molar-refractivity contribution is -0.141. The number of methoxy groups -OCH3 is 1. The summed E-state index contributed by atoms with van der Waals surface area (Å²) in [4.78, 5) is 44.7. The van der Waals surface area contributed by atoms with Crippen LogP contribution in [0.5, 0.6) is 0 Å². The van der Waals surface area contributed by atoms with Crippen molar-refractivity contribution in [3.05, 3.63) is 87.5 Å². The van der Waals surface area contributed by atoms with Crippen LogP contribution in [0.3, 0.4) is 0 Å². The van der Waals surface area contributed by atoms with E-state index in [1.807, 2.05) is 6.92 Å². The smallest absolute Gasteiger partial charge is 0.308 e. The number of carbonyl (C=O) groups is 2. The van der Waals surface area contributed by atoms with Crippen molar-refractivity contribution >= 4 is 33.3 Å². The van der Waals surface area contributed by atoms with Gasteiger partial charge >= 0.3 is 5.97 Å². The van der Waals surface area contributed by atoms with E-state index in [9.17, 15) is 18.8 Å². The minimum Gasteiger partial charge on any atom is -0.469 e. The van der Waals surface area contributed by atoms with Crippen molar-refractivity contribution in [1.82, 2.24) is 9.55 Å². The third kappa shape index (κ3) is 3.97. The number of carbonyl (C=O) groups excluding carboxylic acids is 2. The van der Waals surface area contributed by atoms with Crippen molar-refractivity contribution in [3.63, 3.8) is 0 Å². The number of fused-ring (bicyclic) bond motifs is 1. The van der Waals surface area contributed by atoms with E-state index in [4.69, 9.17) is 4.74 Å². The molecule has 1 unspecified atom stereocenters. The molecule has 0 aliphatic carbocycles. The lowest BCUT2D eigenvalue weighted by atomic mass is 10.0. The molecule has 0 fully saturated rings. The number of aromatic nitrogens is 2. The summed E-state index contributed by atoms with van der Waals surface area (Å²) in [5, 5.41) is 0.331. The van der Waals surface area contributed by atoms with Gasteiger partial charge in [0.15, 0.2) is 5.78 Å². The molecule has 4 rings (SSSR count). The summed E-state index contributed by atoms with van der Waals surface area (Å²) < 4.78 is 19.4. The number of hydrogen-bond acceptors (Lipinski definition) is 6. The average Bonchev–Trinajstić information content (AvgIpc) is 3.15. The molecule has 0 radical (unpaired) electrons. The second-order valence-corrected chi connectivity index (χ2v) is 8.41. The van der Waals surface area contributed by atoms with Crippen molar-refractivity contribution < 1.29 is 18.7 Å². The topological polar surface area (TPSA) is 78.3 Å². The number of Topliss-reactive ketones (excluding diaryl/α,β-unsaturated/α-hetero) is 1. The minimum atomic E-state index is -1.12. The molecule has 32 heavy (non-hydrogen) atoms. The molecule has 1 atom stereocenters. The lowest BCUT2D eigenvalue weighted by Crippen LogP contribution is -2.32. The van der Waals surface area contributed by atoms with Gasteiger partial charge in [-0.1, -0.05) is 42.5 Å². The Balaban J connectivity index is 1.91. The number of rotatable bonds is 6. The third-order valence-electron chi connectivity index (χ3n) is 5.23. The molecule has 162 valence electrons. The van der Waals surface area contributed by atoms with Crippen LogP contribution >= 0.6 is 11.3 Å². The maximum absolute atomic E-state index is 13.6. The summed E-state index contributed by atoms with van der Waals surface area (Å²) in [6.45, 7) is 1.86. The van der Waals surface area contributed by atoms with Gasteiger partial charge in [-0.05, 0) is 24.6 Å². The summed E-state index contributed by atoms with van der Waals surface area (Å²) in [6, 6.07) is 13.2. The molecular weight excluding hydrogens is 431 g/mol. The first kappa shape index (κ1) is 21.6. The van der Waals surface area contributed by atoms with Gasteiger partial charge in [-0.2, -0.15) is 0 Å². The maximum Gasteiger partial charge on any atom is 0.308 e. The summed E-state index contributed by atoms with van der Waals surface area (Å²) in [6.07, 6.45) is 0.982. The highest BCUT2D eigenvalue weighted by atomic mass is 32.1. The van der Waals surface area contributed by atoms with Gasteiger partial charge in [-0.3, -0.25) is 19.0 Å². The largest absolute Gasteiger partial charge is 0.469 e. The Hall–Kier alpha value is -3.65. The molecule has 0 N–H and O–H groups in total.